The van der Waals surface area contributed by atoms with Crippen molar-refractivity contribution in [3.8, 4) is 11.5 Å². The molecule has 1 heterocycles. The van der Waals surface area contributed by atoms with Crippen molar-refractivity contribution in [2.75, 3.05) is 7.05 Å². The van der Waals surface area contributed by atoms with Gasteiger partial charge in [-0.3, -0.25) is 0 Å². The minimum Gasteiger partial charge on any atom is -0.334 e. The van der Waals surface area contributed by atoms with E-state index in [-0.39, 0.29) is 10.8 Å². The van der Waals surface area contributed by atoms with E-state index in [4.69, 9.17) is 21.9 Å². The van der Waals surface area contributed by atoms with E-state index < -0.39 is 15.6 Å². The normalized spacial score (nSPS) is 17.5. The Morgan fingerprint density at radius 1 is 1.35 bits per heavy atom. The number of aromatic nitrogens is 2. The molecule has 0 spiro atoms. The van der Waals surface area contributed by atoms with Crippen molar-refractivity contribution in [1.82, 2.24) is 14.9 Å². The lowest BCUT2D eigenvalue weighted by Gasteiger charge is -2.17. The van der Waals surface area contributed by atoms with Crippen molar-refractivity contribution in [2.45, 2.75) is 36.1 Å². The first kappa shape index (κ1) is 16.4. The van der Waals surface area contributed by atoms with Crippen LogP contribution in [-0.2, 0) is 15.6 Å². The van der Waals surface area contributed by atoms with Crippen LogP contribution >= 0.6 is 11.6 Å². The fourth-order valence-corrected chi connectivity index (χ4v) is 3.67. The predicted octanol–water partition coefficient (Wildman–Crippen LogP) is 2.03. The van der Waals surface area contributed by atoms with Gasteiger partial charge in [-0.15, -0.1) is 0 Å². The summed E-state index contributed by atoms with van der Waals surface area (Å²) < 4.78 is 31.4. The predicted molar refractivity (Wildman–Crippen MR) is 85.3 cm³/mol. The molecule has 1 aromatic heterocycles. The second-order valence-electron chi connectivity index (χ2n) is 5.64. The summed E-state index contributed by atoms with van der Waals surface area (Å²) in [6, 6.07) is 4.30. The molecule has 0 radical (unpaired) electrons. The molecule has 2 aromatic rings. The minimum absolute atomic E-state index is 0.0717. The molecule has 1 saturated carbocycles. The lowest BCUT2D eigenvalue weighted by Crippen LogP contribution is -2.34. The van der Waals surface area contributed by atoms with Gasteiger partial charge in [-0.2, -0.15) is 4.98 Å². The molecular weight excluding hydrogens is 340 g/mol. The third-order valence-corrected chi connectivity index (χ3v) is 5.86. The summed E-state index contributed by atoms with van der Waals surface area (Å²) in [6.45, 7) is 0. The Morgan fingerprint density at radius 3 is 2.70 bits per heavy atom. The van der Waals surface area contributed by atoms with Gasteiger partial charge in [0.2, 0.25) is 10.0 Å². The van der Waals surface area contributed by atoms with E-state index in [0.29, 0.717) is 16.4 Å². The van der Waals surface area contributed by atoms with E-state index >= 15 is 0 Å². The SMILES string of the molecule is CNS(=O)(=O)c1ccc(Cl)c(-c2nc(C3(N)CCCC3)no2)c1. The number of nitrogens with zero attached hydrogens (tertiary/aromatic N) is 2. The summed E-state index contributed by atoms with van der Waals surface area (Å²) in [5.41, 5.74) is 6.09. The number of nitrogens with one attached hydrogen (secondary N) is 1. The van der Waals surface area contributed by atoms with Crippen LogP contribution < -0.4 is 10.5 Å². The Morgan fingerprint density at radius 2 is 2.04 bits per heavy atom. The van der Waals surface area contributed by atoms with E-state index in [1.165, 1.54) is 25.2 Å². The number of halogens is 1. The van der Waals surface area contributed by atoms with E-state index in [9.17, 15) is 8.42 Å². The van der Waals surface area contributed by atoms with Crippen molar-refractivity contribution >= 4 is 21.6 Å². The third kappa shape index (κ3) is 2.99. The molecule has 0 saturated heterocycles. The van der Waals surface area contributed by atoms with Crippen LogP contribution in [-0.4, -0.2) is 25.6 Å². The first-order chi connectivity index (χ1) is 10.9. The van der Waals surface area contributed by atoms with Gasteiger partial charge < -0.3 is 10.3 Å². The summed E-state index contributed by atoms with van der Waals surface area (Å²) in [5.74, 6) is 0.595. The third-order valence-electron chi connectivity index (χ3n) is 4.11. The average Bonchev–Trinajstić information content (AvgIpc) is 3.17. The molecule has 0 aliphatic heterocycles. The van der Waals surface area contributed by atoms with Crippen LogP contribution in [0.4, 0.5) is 0 Å². The summed E-state index contributed by atoms with van der Waals surface area (Å²) in [5, 5.41) is 4.29. The Kier molecular flexibility index (Phi) is 4.18. The molecule has 0 atom stereocenters. The van der Waals surface area contributed by atoms with Crippen LogP contribution in [0.2, 0.25) is 5.02 Å². The van der Waals surface area contributed by atoms with Crippen LogP contribution in [0.15, 0.2) is 27.6 Å². The molecule has 0 amide bonds. The first-order valence-corrected chi connectivity index (χ1v) is 9.08. The number of rotatable bonds is 4. The highest BCUT2D eigenvalue weighted by molar-refractivity contribution is 7.89. The van der Waals surface area contributed by atoms with Gasteiger partial charge in [0.15, 0.2) is 5.82 Å². The summed E-state index contributed by atoms with van der Waals surface area (Å²) in [7, 11) is -2.25. The summed E-state index contributed by atoms with van der Waals surface area (Å²) >= 11 is 6.15. The molecule has 1 aliphatic carbocycles. The molecule has 1 aliphatic rings. The second-order valence-corrected chi connectivity index (χ2v) is 7.93. The molecule has 1 aromatic carbocycles. The number of benzene rings is 1. The zero-order chi connectivity index (χ0) is 16.7. The quantitative estimate of drug-likeness (QED) is 0.866. The molecule has 0 unspecified atom stereocenters. The van der Waals surface area contributed by atoms with Gasteiger partial charge in [-0.05, 0) is 38.1 Å². The zero-order valence-corrected chi connectivity index (χ0v) is 14.1. The van der Waals surface area contributed by atoms with Gasteiger partial charge in [-0.25, -0.2) is 13.1 Å². The molecule has 3 rings (SSSR count). The van der Waals surface area contributed by atoms with Gasteiger partial charge in [0.05, 0.1) is 21.0 Å². The molecular formula is C14H17ClN4O3S. The van der Waals surface area contributed by atoms with Crippen molar-refractivity contribution in [1.29, 1.82) is 0 Å². The number of hydrogen-bond acceptors (Lipinski definition) is 6. The lowest BCUT2D eigenvalue weighted by atomic mass is 9.99. The van der Waals surface area contributed by atoms with E-state index in [2.05, 4.69) is 14.9 Å². The van der Waals surface area contributed by atoms with Crippen LogP contribution in [0.25, 0.3) is 11.5 Å². The maximum atomic E-state index is 11.9. The molecule has 0 bridgehead atoms. The van der Waals surface area contributed by atoms with Crippen molar-refractivity contribution in [3.63, 3.8) is 0 Å². The highest BCUT2D eigenvalue weighted by Gasteiger charge is 2.36. The van der Waals surface area contributed by atoms with Gasteiger partial charge in [0.1, 0.15) is 0 Å². The number of sulfonamides is 1. The number of nitrogens with two attached hydrogens (primary N) is 1. The van der Waals surface area contributed by atoms with Crippen LogP contribution in [0, 0.1) is 0 Å². The standard InChI is InChI=1S/C14H17ClN4O3S/c1-17-23(20,21)9-4-5-11(15)10(8-9)12-18-13(19-22-12)14(16)6-2-3-7-14/h4-5,8,17H,2-3,6-7,16H2,1H3. The molecule has 23 heavy (non-hydrogen) atoms. The van der Waals surface area contributed by atoms with Gasteiger partial charge in [0, 0.05) is 0 Å². The molecule has 3 N–H and O–H groups in total. The Bertz CT molecular complexity index is 828. The summed E-state index contributed by atoms with van der Waals surface area (Å²) in [6.07, 6.45) is 3.65. The van der Waals surface area contributed by atoms with Gasteiger partial charge >= 0.3 is 0 Å². The van der Waals surface area contributed by atoms with Crippen molar-refractivity contribution in [2.24, 2.45) is 5.73 Å². The topological polar surface area (TPSA) is 111 Å². The highest BCUT2D eigenvalue weighted by atomic mass is 35.5. The summed E-state index contributed by atoms with van der Waals surface area (Å²) in [4.78, 5) is 4.41. The molecule has 1 fully saturated rings. The van der Waals surface area contributed by atoms with Crippen molar-refractivity contribution in [3.05, 3.63) is 29.0 Å². The lowest BCUT2D eigenvalue weighted by molar-refractivity contribution is 0.372. The highest BCUT2D eigenvalue weighted by Crippen LogP contribution is 2.36. The Balaban J connectivity index is 2.02. The first-order valence-electron chi connectivity index (χ1n) is 7.22. The Hall–Kier alpha value is -1.48. The second kappa shape index (κ2) is 5.86. The van der Waals surface area contributed by atoms with Crippen LogP contribution in [0.1, 0.15) is 31.5 Å². The van der Waals surface area contributed by atoms with Crippen LogP contribution in [0.5, 0.6) is 0 Å². The number of hydrogen-bond donors (Lipinski definition) is 2. The minimum atomic E-state index is -3.59. The smallest absolute Gasteiger partial charge is 0.259 e. The largest absolute Gasteiger partial charge is 0.334 e. The maximum Gasteiger partial charge on any atom is 0.259 e. The van der Waals surface area contributed by atoms with Crippen LogP contribution in [0.3, 0.4) is 0 Å². The fraction of sp³-hybridized carbons (Fsp3) is 0.429. The average molecular weight is 357 g/mol. The zero-order valence-electron chi connectivity index (χ0n) is 12.5. The Labute approximate surface area is 139 Å². The van der Waals surface area contributed by atoms with Gasteiger partial charge in [0.25, 0.3) is 5.89 Å². The van der Waals surface area contributed by atoms with E-state index in [0.717, 1.165) is 25.7 Å². The fourth-order valence-electron chi connectivity index (χ4n) is 2.72. The van der Waals surface area contributed by atoms with E-state index in [1.54, 1.807) is 0 Å². The maximum absolute atomic E-state index is 11.9. The molecule has 9 heteroatoms. The van der Waals surface area contributed by atoms with Crippen molar-refractivity contribution < 1.29 is 12.9 Å². The van der Waals surface area contributed by atoms with E-state index in [1.807, 2.05) is 0 Å². The molecule has 7 nitrogen and oxygen atoms in total. The molecule has 124 valence electrons. The monoisotopic (exact) mass is 356 g/mol. The van der Waals surface area contributed by atoms with Gasteiger partial charge in [-0.1, -0.05) is 29.6 Å².